The molecule has 1 unspecified atom stereocenters. The van der Waals surface area contributed by atoms with E-state index in [1.54, 1.807) is 0 Å². The van der Waals surface area contributed by atoms with Gasteiger partial charge in [-0.1, -0.05) is 30.3 Å². The fourth-order valence-corrected chi connectivity index (χ4v) is 3.89. The van der Waals surface area contributed by atoms with Crippen molar-refractivity contribution in [3.8, 4) is 0 Å². The number of carbonyl (C=O) groups is 1. The van der Waals surface area contributed by atoms with E-state index < -0.39 is 0 Å². The number of β-amino-alcohol motifs (C(OH)–C–C–N with tert-alkyl or cyclic N) is 1. The quantitative estimate of drug-likeness (QED) is 0.916. The molecule has 2 heterocycles. The van der Waals surface area contributed by atoms with Crippen LogP contribution in [0.15, 0.2) is 30.3 Å². The lowest BCUT2D eigenvalue weighted by Gasteiger charge is -2.43. The SMILES string of the molecule is CN1C(=O)C(c2ccccc2)CC12CCN(CCO)CC2. The zero-order valence-electron chi connectivity index (χ0n) is 12.7. The van der Waals surface area contributed by atoms with Gasteiger partial charge in [0.1, 0.15) is 0 Å². The molecule has 2 saturated heterocycles. The van der Waals surface area contributed by atoms with Crippen molar-refractivity contribution in [3.63, 3.8) is 0 Å². The summed E-state index contributed by atoms with van der Waals surface area (Å²) in [6, 6.07) is 10.2. The van der Waals surface area contributed by atoms with Gasteiger partial charge in [0.25, 0.3) is 0 Å². The van der Waals surface area contributed by atoms with E-state index in [0.29, 0.717) is 0 Å². The van der Waals surface area contributed by atoms with Gasteiger partial charge in [0.2, 0.25) is 5.91 Å². The number of likely N-dealkylation sites (tertiary alicyclic amines) is 2. The van der Waals surface area contributed by atoms with Crippen LogP contribution in [0, 0.1) is 0 Å². The highest BCUT2D eigenvalue weighted by Crippen LogP contribution is 2.44. The number of aliphatic hydroxyl groups excluding tert-OH is 1. The average Bonchev–Trinajstić information content (AvgIpc) is 2.77. The third-order valence-electron chi connectivity index (χ3n) is 5.33. The van der Waals surface area contributed by atoms with Gasteiger partial charge < -0.3 is 14.9 Å². The molecule has 4 nitrogen and oxygen atoms in total. The number of hydrogen-bond acceptors (Lipinski definition) is 3. The third-order valence-corrected chi connectivity index (χ3v) is 5.33. The second-order valence-corrected chi connectivity index (χ2v) is 6.35. The molecule has 2 aliphatic rings. The van der Waals surface area contributed by atoms with Crippen LogP contribution >= 0.6 is 0 Å². The van der Waals surface area contributed by atoms with Crippen molar-refractivity contribution in [2.45, 2.75) is 30.7 Å². The fraction of sp³-hybridized carbons (Fsp3) is 0.588. The third kappa shape index (κ3) is 2.58. The van der Waals surface area contributed by atoms with Gasteiger partial charge in [-0.3, -0.25) is 4.79 Å². The summed E-state index contributed by atoms with van der Waals surface area (Å²) in [5.41, 5.74) is 1.16. The van der Waals surface area contributed by atoms with Gasteiger partial charge in [-0.05, 0) is 24.8 Å². The van der Waals surface area contributed by atoms with Crippen LogP contribution in [0.4, 0.5) is 0 Å². The molecule has 3 rings (SSSR count). The lowest BCUT2D eigenvalue weighted by molar-refractivity contribution is -0.131. The predicted octanol–water partition coefficient (Wildman–Crippen LogP) is 1.46. The largest absolute Gasteiger partial charge is 0.395 e. The highest BCUT2D eigenvalue weighted by atomic mass is 16.3. The molecular formula is C17H24N2O2. The maximum absolute atomic E-state index is 12.7. The Bertz CT molecular complexity index is 495. The number of nitrogens with zero attached hydrogens (tertiary/aromatic N) is 2. The van der Waals surface area contributed by atoms with E-state index in [1.807, 2.05) is 30.1 Å². The maximum Gasteiger partial charge on any atom is 0.230 e. The number of hydrogen-bond donors (Lipinski definition) is 1. The van der Waals surface area contributed by atoms with Crippen LogP contribution in [0.25, 0.3) is 0 Å². The summed E-state index contributed by atoms with van der Waals surface area (Å²) in [6.45, 7) is 2.91. The van der Waals surface area contributed by atoms with E-state index in [0.717, 1.165) is 44.5 Å². The smallest absolute Gasteiger partial charge is 0.230 e. The Balaban J connectivity index is 1.75. The molecule has 1 spiro atoms. The molecule has 1 atom stereocenters. The van der Waals surface area contributed by atoms with Crippen molar-refractivity contribution in [3.05, 3.63) is 35.9 Å². The first-order valence-electron chi connectivity index (χ1n) is 7.82. The second-order valence-electron chi connectivity index (χ2n) is 6.35. The molecule has 2 fully saturated rings. The molecule has 0 aliphatic carbocycles. The molecule has 0 saturated carbocycles. The Morgan fingerprint density at radius 2 is 1.90 bits per heavy atom. The fourth-order valence-electron chi connectivity index (χ4n) is 3.89. The van der Waals surface area contributed by atoms with Crippen molar-refractivity contribution in [1.29, 1.82) is 0 Å². The van der Waals surface area contributed by atoms with Crippen molar-refractivity contribution >= 4 is 5.91 Å². The highest BCUT2D eigenvalue weighted by Gasteiger charge is 2.50. The van der Waals surface area contributed by atoms with E-state index in [2.05, 4.69) is 17.0 Å². The molecule has 0 radical (unpaired) electrons. The summed E-state index contributed by atoms with van der Waals surface area (Å²) in [5, 5.41) is 9.05. The number of rotatable bonds is 3. The molecule has 4 heteroatoms. The average molecular weight is 288 g/mol. The zero-order chi connectivity index (χ0) is 14.9. The van der Waals surface area contributed by atoms with Gasteiger partial charge in [-0.25, -0.2) is 0 Å². The number of carbonyl (C=O) groups excluding carboxylic acids is 1. The van der Waals surface area contributed by atoms with E-state index >= 15 is 0 Å². The predicted molar refractivity (Wildman–Crippen MR) is 82.1 cm³/mol. The summed E-state index contributed by atoms with van der Waals surface area (Å²) in [4.78, 5) is 17.0. The van der Waals surface area contributed by atoms with Gasteiger partial charge in [0.15, 0.2) is 0 Å². The number of piperidine rings is 1. The van der Waals surface area contributed by atoms with Gasteiger partial charge in [0.05, 0.1) is 12.5 Å². The second kappa shape index (κ2) is 5.78. The van der Waals surface area contributed by atoms with Crippen LogP contribution in [0.3, 0.4) is 0 Å². The van der Waals surface area contributed by atoms with Crippen molar-refractivity contribution < 1.29 is 9.90 Å². The molecule has 114 valence electrons. The summed E-state index contributed by atoms with van der Waals surface area (Å²) in [5.74, 6) is 0.275. The van der Waals surface area contributed by atoms with Crippen LogP contribution in [-0.2, 0) is 4.79 Å². The summed E-state index contributed by atoms with van der Waals surface area (Å²) in [6.07, 6.45) is 2.95. The van der Waals surface area contributed by atoms with Crippen LogP contribution in [0.5, 0.6) is 0 Å². The van der Waals surface area contributed by atoms with E-state index in [9.17, 15) is 4.79 Å². The Morgan fingerprint density at radius 3 is 2.52 bits per heavy atom. The minimum atomic E-state index is 0.0144. The number of amides is 1. The van der Waals surface area contributed by atoms with Crippen molar-refractivity contribution in [2.75, 3.05) is 33.3 Å². The van der Waals surface area contributed by atoms with Crippen LogP contribution in [0.1, 0.15) is 30.7 Å². The lowest BCUT2D eigenvalue weighted by atomic mass is 9.81. The first-order chi connectivity index (χ1) is 10.2. The molecule has 0 bridgehead atoms. The zero-order valence-corrected chi connectivity index (χ0v) is 12.7. The Hall–Kier alpha value is -1.39. The van der Waals surface area contributed by atoms with Crippen LogP contribution in [-0.4, -0.2) is 59.6 Å². The first kappa shape index (κ1) is 14.5. The Morgan fingerprint density at radius 1 is 1.24 bits per heavy atom. The van der Waals surface area contributed by atoms with Gasteiger partial charge in [-0.2, -0.15) is 0 Å². The van der Waals surface area contributed by atoms with Gasteiger partial charge in [0, 0.05) is 32.2 Å². The normalized spacial score (nSPS) is 25.7. The summed E-state index contributed by atoms with van der Waals surface area (Å²) >= 11 is 0. The first-order valence-corrected chi connectivity index (χ1v) is 7.82. The molecule has 1 aromatic carbocycles. The minimum Gasteiger partial charge on any atom is -0.395 e. The maximum atomic E-state index is 12.7. The molecular weight excluding hydrogens is 264 g/mol. The Kier molecular flexibility index (Phi) is 4.00. The van der Waals surface area contributed by atoms with Crippen molar-refractivity contribution in [1.82, 2.24) is 9.80 Å². The summed E-state index contributed by atoms with van der Waals surface area (Å²) < 4.78 is 0. The molecule has 1 N–H and O–H groups in total. The molecule has 2 aliphatic heterocycles. The highest BCUT2D eigenvalue weighted by molar-refractivity contribution is 5.87. The number of aliphatic hydroxyl groups is 1. The van der Waals surface area contributed by atoms with E-state index in [1.165, 1.54) is 0 Å². The van der Waals surface area contributed by atoms with E-state index in [-0.39, 0.29) is 24.0 Å². The van der Waals surface area contributed by atoms with Crippen molar-refractivity contribution in [2.24, 2.45) is 0 Å². The van der Waals surface area contributed by atoms with Gasteiger partial charge >= 0.3 is 0 Å². The topological polar surface area (TPSA) is 43.8 Å². The number of benzene rings is 1. The van der Waals surface area contributed by atoms with Crippen LogP contribution in [0.2, 0.25) is 0 Å². The molecule has 21 heavy (non-hydrogen) atoms. The lowest BCUT2D eigenvalue weighted by Crippen LogP contribution is -2.51. The standard InChI is InChI=1S/C17H24N2O2/c1-18-16(21)15(14-5-3-2-4-6-14)13-17(18)7-9-19(10-8-17)11-12-20/h2-6,15,20H,7-13H2,1H3. The monoisotopic (exact) mass is 288 g/mol. The molecule has 1 amide bonds. The minimum absolute atomic E-state index is 0.0144. The number of likely N-dealkylation sites (N-methyl/N-ethyl adjacent to an activating group) is 1. The molecule has 1 aromatic rings. The van der Waals surface area contributed by atoms with E-state index in [4.69, 9.17) is 5.11 Å². The molecule has 0 aromatic heterocycles. The van der Waals surface area contributed by atoms with Crippen LogP contribution < -0.4 is 0 Å². The summed E-state index contributed by atoms with van der Waals surface area (Å²) in [7, 11) is 1.97. The Labute approximate surface area is 126 Å². The van der Waals surface area contributed by atoms with Gasteiger partial charge in [-0.15, -0.1) is 0 Å².